The summed E-state index contributed by atoms with van der Waals surface area (Å²) in [7, 11) is 1.36. The molecule has 0 spiro atoms. The normalized spacial score (nSPS) is 11.4. The van der Waals surface area contributed by atoms with Crippen molar-refractivity contribution in [2.24, 2.45) is 0 Å². The summed E-state index contributed by atoms with van der Waals surface area (Å²) in [4.78, 5) is 17.0. The Kier molecular flexibility index (Phi) is 6.59. The van der Waals surface area contributed by atoms with Gasteiger partial charge in [-0.05, 0) is 25.0 Å². The minimum absolute atomic E-state index is 0.136. The van der Waals surface area contributed by atoms with E-state index >= 15 is 0 Å². The number of nitrogens with one attached hydrogen (secondary N) is 1. The van der Waals surface area contributed by atoms with Crippen LogP contribution in [0.25, 0.3) is 17.1 Å². The second kappa shape index (κ2) is 9.59. The number of nitrogens with zero attached hydrogens (tertiary/aromatic N) is 5. The smallest absolute Gasteiger partial charge is 0.434 e. The largest absolute Gasteiger partial charge is 0.480 e. The molecule has 12 heteroatoms. The van der Waals surface area contributed by atoms with Crippen LogP contribution in [0.5, 0.6) is 5.88 Å². The van der Waals surface area contributed by atoms with Crippen molar-refractivity contribution < 1.29 is 22.7 Å². The van der Waals surface area contributed by atoms with E-state index in [1.807, 2.05) is 36.6 Å². The van der Waals surface area contributed by atoms with Crippen LogP contribution in [0.3, 0.4) is 0 Å². The number of amides is 1. The van der Waals surface area contributed by atoms with Crippen LogP contribution in [0.1, 0.15) is 26.6 Å². The Morgan fingerprint density at radius 2 is 1.91 bits per heavy atom. The number of alkyl halides is 3. The van der Waals surface area contributed by atoms with Crippen molar-refractivity contribution in [3.8, 4) is 23.0 Å². The summed E-state index contributed by atoms with van der Waals surface area (Å²) < 4.78 is 46.8. The number of thiazole rings is 1. The zero-order chi connectivity index (χ0) is 24.3. The highest BCUT2D eigenvalue weighted by Crippen LogP contribution is 2.33. The van der Waals surface area contributed by atoms with E-state index in [0.717, 1.165) is 28.0 Å². The number of carbonyl (C=O) groups excluding carboxylic acids is 1. The molecule has 3 aromatic heterocycles. The van der Waals surface area contributed by atoms with Crippen molar-refractivity contribution in [2.75, 3.05) is 13.7 Å². The van der Waals surface area contributed by atoms with E-state index in [-0.39, 0.29) is 18.2 Å². The number of hydrogen-bond donors (Lipinski definition) is 1. The lowest BCUT2D eigenvalue weighted by molar-refractivity contribution is -0.143. The highest BCUT2D eigenvalue weighted by Gasteiger charge is 2.41. The maximum Gasteiger partial charge on any atom is 0.434 e. The lowest BCUT2D eigenvalue weighted by atomic mass is 10.1. The van der Waals surface area contributed by atoms with E-state index in [1.165, 1.54) is 19.2 Å². The minimum Gasteiger partial charge on any atom is -0.480 e. The number of rotatable bonds is 7. The Morgan fingerprint density at radius 1 is 1.15 bits per heavy atom. The Balaban J connectivity index is 1.45. The zero-order valence-electron chi connectivity index (χ0n) is 18.1. The molecule has 0 fully saturated rings. The van der Waals surface area contributed by atoms with E-state index in [0.29, 0.717) is 11.1 Å². The Morgan fingerprint density at radius 3 is 2.50 bits per heavy atom. The third-order valence-corrected chi connectivity index (χ3v) is 5.68. The molecule has 1 N–H and O–H groups in total. The van der Waals surface area contributed by atoms with E-state index in [9.17, 15) is 18.0 Å². The van der Waals surface area contributed by atoms with Crippen LogP contribution in [0, 0.1) is 6.92 Å². The third-order valence-electron chi connectivity index (χ3n) is 4.90. The molecule has 0 atom stereocenters. The van der Waals surface area contributed by atoms with Crippen LogP contribution >= 0.6 is 11.3 Å². The van der Waals surface area contributed by atoms with E-state index in [1.54, 1.807) is 11.3 Å². The van der Waals surface area contributed by atoms with Crippen LogP contribution in [0.4, 0.5) is 13.2 Å². The summed E-state index contributed by atoms with van der Waals surface area (Å²) in [6, 6.07) is 10.3. The summed E-state index contributed by atoms with van der Waals surface area (Å²) >= 11 is 1.56. The number of carbonyl (C=O) groups is 1. The summed E-state index contributed by atoms with van der Waals surface area (Å²) in [5, 5.41) is 16.5. The maximum absolute atomic E-state index is 13.8. The molecule has 0 bridgehead atoms. The molecule has 34 heavy (non-hydrogen) atoms. The van der Waals surface area contributed by atoms with Gasteiger partial charge in [0, 0.05) is 23.6 Å². The van der Waals surface area contributed by atoms with Gasteiger partial charge in [-0.25, -0.2) is 9.67 Å². The fourth-order valence-electron chi connectivity index (χ4n) is 3.25. The van der Waals surface area contributed by atoms with Crippen molar-refractivity contribution >= 4 is 17.2 Å². The van der Waals surface area contributed by atoms with Gasteiger partial charge in [-0.3, -0.25) is 4.79 Å². The molecular formula is C22H19F3N6O2S. The van der Waals surface area contributed by atoms with Gasteiger partial charge in [-0.1, -0.05) is 24.3 Å². The van der Waals surface area contributed by atoms with Gasteiger partial charge in [0.15, 0.2) is 11.5 Å². The van der Waals surface area contributed by atoms with Crippen molar-refractivity contribution in [3.05, 3.63) is 69.8 Å². The van der Waals surface area contributed by atoms with Crippen LogP contribution in [0.2, 0.25) is 0 Å². The van der Waals surface area contributed by atoms with Crippen molar-refractivity contribution in [3.63, 3.8) is 0 Å². The molecule has 0 saturated heterocycles. The Labute approximate surface area is 196 Å². The van der Waals surface area contributed by atoms with Crippen molar-refractivity contribution in [1.82, 2.24) is 30.3 Å². The number of hydrogen-bond acceptors (Lipinski definition) is 7. The van der Waals surface area contributed by atoms with Crippen LogP contribution < -0.4 is 10.1 Å². The van der Waals surface area contributed by atoms with Gasteiger partial charge in [-0.15, -0.1) is 21.5 Å². The molecule has 0 aliphatic carbocycles. The van der Waals surface area contributed by atoms with Crippen molar-refractivity contribution in [1.29, 1.82) is 0 Å². The highest BCUT2D eigenvalue weighted by molar-refractivity contribution is 7.09. The molecular weight excluding hydrogens is 469 g/mol. The van der Waals surface area contributed by atoms with Crippen molar-refractivity contribution in [2.45, 2.75) is 19.5 Å². The molecule has 0 radical (unpaired) electrons. The first-order valence-electron chi connectivity index (χ1n) is 10.1. The number of aryl methyl sites for hydroxylation is 1. The summed E-state index contributed by atoms with van der Waals surface area (Å²) in [6.45, 7) is 2.09. The second-order valence-corrected chi connectivity index (χ2v) is 8.27. The quantitative estimate of drug-likeness (QED) is 0.421. The van der Waals surface area contributed by atoms with E-state index in [2.05, 4.69) is 25.6 Å². The fraction of sp³-hybridized carbons (Fsp3) is 0.227. The molecule has 1 aromatic carbocycles. The molecule has 1 amide bonds. The van der Waals surface area contributed by atoms with Gasteiger partial charge in [0.05, 0.1) is 29.6 Å². The van der Waals surface area contributed by atoms with E-state index < -0.39 is 23.3 Å². The van der Waals surface area contributed by atoms with Crippen LogP contribution in [-0.2, 0) is 12.6 Å². The van der Waals surface area contributed by atoms with Gasteiger partial charge in [-0.2, -0.15) is 18.3 Å². The monoisotopic (exact) mass is 488 g/mol. The zero-order valence-corrected chi connectivity index (χ0v) is 18.9. The molecule has 0 aliphatic heterocycles. The molecule has 8 nitrogen and oxygen atoms in total. The molecule has 4 rings (SSSR count). The first-order chi connectivity index (χ1) is 16.3. The van der Waals surface area contributed by atoms with Crippen LogP contribution in [0.15, 0.2) is 48.0 Å². The predicted octanol–water partition coefficient (Wildman–Crippen LogP) is 4.09. The summed E-state index contributed by atoms with van der Waals surface area (Å²) in [5.41, 5.74) is 0.963. The number of ether oxygens (including phenoxy) is 1. The number of methoxy groups -OCH3 is 1. The molecule has 3 heterocycles. The molecule has 0 aliphatic rings. The standard InChI is InChI=1S/C22H19F3N6O2S/c1-13-28-17(12-34-13)15-5-3-14(4-6-15)9-10-26-21(32)16-11-27-31(20(16)22(23,24)25)18-7-8-19(33-2)30-29-18/h3-8,11-12H,9-10H2,1-2H3,(H,26,32). The highest BCUT2D eigenvalue weighted by atomic mass is 32.1. The molecule has 0 saturated carbocycles. The maximum atomic E-state index is 13.8. The summed E-state index contributed by atoms with van der Waals surface area (Å²) in [5.74, 6) is -0.936. The first-order valence-corrected chi connectivity index (χ1v) is 11.0. The first kappa shape index (κ1) is 23.4. The predicted molar refractivity (Wildman–Crippen MR) is 119 cm³/mol. The lowest BCUT2D eigenvalue weighted by Gasteiger charge is -2.12. The molecule has 4 aromatic rings. The fourth-order valence-corrected chi connectivity index (χ4v) is 3.87. The Bertz CT molecular complexity index is 1280. The van der Waals surface area contributed by atoms with Gasteiger partial charge in [0.1, 0.15) is 0 Å². The van der Waals surface area contributed by atoms with Gasteiger partial charge in [0.25, 0.3) is 5.91 Å². The third kappa shape index (κ3) is 5.06. The van der Waals surface area contributed by atoms with Gasteiger partial charge in [0.2, 0.25) is 5.88 Å². The Hall–Kier alpha value is -3.80. The number of aromatic nitrogens is 5. The lowest BCUT2D eigenvalue weighted by Crippen LogP contribution is -2.28. The average Bonchev–Trinajstić information content (AvgIpc) is 3.46. The minimum atomic E-state index is -4.84. The molecule has 0 unspecified atom stereocenters. The number of halogens is 3. The second-order valence-electron chi connectivity index (χ2n) is 7.20. The SMILES string of the molecule is COc1ccc(-n2ncc(C(=O)NCCc3ccc(-c4csc(C)n4)cc3)c2C(F)(F)F)nn1. The van der Waals surface area contributed by atoms with Gasteiger partial charge < -0.3 is 10.1 Å². The number of benzene rings is 1. The topological polar surface area (TPSA) is 94.8 Å². The van der Waals surface area contributed by atoms with Crippen LogP contribution in [-0.4, -0.2) is 44.5 Å². The average molecular weight is 488 g/mol. The molecule has 176 valence electrons. The summed E-state index contributed by atoms with van der Waals surface area (Å²) in [6.07, 6.45) is -3.52. The van der Waals surface area contributed by atoms with Gasteiger partial charge >= 0.3 is 6.18 Å². The van der Waals surface area contributed by atoms with E-state index in [4.69, 9.17) is 4.74 Å².